The van der Waals surface area contributed by atoms with Crippen LogP contribution in [0.15, 0.2) is 0 Å². The largest absolute Gasteiger partial charge is 0.481 e. The third kappa shape index (κ3) is 3.12. The van der Waals surface area contributed by atoms with Crippen LogP contribution in [0.4, 0.5) is 0 Å². The summed E-state index contributed by atoms with van der Waals surface area (Å²) in [6.45, 7) is 0. The molecule has 0 spiro atoms. The highest BCUT2D eigenvalue weighted by Crippen LogP contribution is 2.55. The van der Waals surface area contributed by atoms with Crippen LogP contribution < -0.4 is 0 Å². The Morgan fingerprint density at radius 1 is 0.938 bits per heavy atom. The average molecular weight is 353 g/mol. The van der Waals surface area contributed by atoms with Gasteiger partial charge in [-0.3, -0.25) is 4.79 Å². The zero-order valence-corrected chi connectivity index (χ0v) is 11.7. The van der Waals surface area contributed by atoms with Crippen LogP contribution in [0.1, 0.15) is 6.42 Å². The molecule has 0 atom stereocenters. The molecule has 0 rings (SSSR count). The Morgan fingerprint density at radius 3 is 1.56 bits per heavy atom. The first-order chi connectivity index (χ1) is 6.86. The van der Waals surface area contributed by atoms with E-state index >= 15 is 0 Å². The molecule has 0 aromatic heterocycles. The normalized spacial score (nSPS) is 13.6. The van der Waals surface area contributed by atoms with Gasteiger partial charge in [0.2, 0.25) is 4.33 Å². The molecule has 0 saturated carbocycles. The van der Waals surface area contributed by atoms with Crippen molar-refractivity contribution in [2.45, 2.75) is 19.4 Å². The third-order valence-electron chi connectivity index (χ3n) is 1.50. The highest BCUT2D eigenvalue weighted by molar-refractivity contribution is 6.73. The molecule has 0 fully saturated rings. The lowest BCUT2D eigenvalue weighted by Gasteiger charge is -2.37. The van der Waals surface area contributed by atoms with Gasteiger partial charge >= 0.3 is 11.9 Å². The number of alkyl halides is 6. The Kier molecular flexibility index (Phi) is 5.34. The van der Waals surface area contributed by atoms with E-state index in [2.05, 4.69) is 0 Å². The standard InChI is InChI=1S/C6H4Cl6O4/c7-4(8,1-2(13)14)6(11,12)5(9,10)3(15)16/h1H2,(H,13,14)(H,15,16). The average Bonchev–Trinajstić information content (AvgIpc) is 2.00. The van der Waals surface area contributed by atoms with E-state index in [1.165, 1.54) is 0 Å². The first-order valence-corrected chi connectivity index (χ1v) is 5.71. The molecule has 94 valence electrons. The van der Waals surface area contributed by atoms with Crippen molar-refractivity contribution in [1.82, 2.24) is 0 Å². The van der Waals surface area contributed by atoms with Crippen LogP contribution >= 0.6 is 69.6 Å². The summed E-state index contributed by atoms with van der Waals surface area (Å²) in [6, 6.07) is 0. The fourth-order valence-corrected chi connectivity index (χ4v) is 1.99. The number of carbonyl (C=O) groups is 2. The quantitative estimate of drug-likeness (QED) is 0.746. The molecule has 0 unspecified atom stereocenters. The number of aliphatic carboxylic acids is 2. The fourth-order valence-electron chi connectivity index (χ4n) is 0.665. The SMILES string of the molecule is O=C(O)CC(Cl)(Cl)C(Cl)(Cl)C(Cl)(Cl)C(=O)O. The van der Waals surface area contributed by atoms with Crippen molar-refractivity contribution >= 4 is 81.5 Å². The first kappa shape index (κ1) is 16.7. The van der Waals surface area contributed by atoms with Crippen molar-refractivity contribution in [3.8, 4) is 0 Å². The molecule has 0 bridgehead atoms. The Bertz CT molecular complexity index is 312. The summed E-state index contributed by atoms with van der Waals surface area (Å²) in [4.78, 5) is 21.1. The lowest BCUT2D eigenvalue weighted by Crippen LogP contribution is -2.54. The van der Waals surface area contributed by atoms with E-state index < -0.39 is 31.4 Å². The van der Waals surface area contributed by atoms with E-state index in [1.54, 1.807) is 0 Å². The maximum atomic E-state index is 10.7. The van der Waals surface area contributed by atoms with E-state index in [1.807, 2.05) is 0 Å². The zero-order chi connectivity index (χ0) is 13.4. The smallest absolute Gasteiger partial charge is 0.343 e. The van der Waals surface area contributed by atoms with E-state index in [0.717, 1.165) is 0 Å². The summed E-state index contributed by atoms with van der Waals surface area (Å²) in [6.07, 6.45) is -0.947. The van der Waals surface area contributed by atoms with E-state index in [9.17, 15) is 9.59 Å². The van der Waals surface area contributed by atoms with Gasteiger partial charge in [0.15, 0.2) is 8.67 Å². The topological polar surface area (TPSA) is 74.6 Å². The van der Waals surface area contributed by atoms with Gasteiger partial charge in [0.25, 0.3) is 0 Å². The number of rotatable bonds is 5. The van der Waals surface area contributed by atoms with E-state index in [4.69, 9.17) is 79.8 Å². The van der Waals surface area contributed by atoms with E-state index in [-0.39, 0.29) is 0 Å². The van der Waals surface area contributed by atoms with Crippen molar-refractivity contribution < 1.29 is 19.8 Å². The molecule has 0 aliphatic rings. The van der Waals surface area contributed by atoms with Crippen LogP contribution in [0, 0.1) is 0 Å². The predicted molar refractivity (Wildman–Crippen MR) is 63.2 cm³/mol. The molecule has 16 heavy (non-hydrogen) atoms. The zero-order valence-electron chi connectivity index (χ0n) is 7.19. The van der Waals surface area contributed by atoms with Gasteiger partial charge in [-0.1, -0.05) is 69.6 Å². The van der Waals surface area contributed by atoms with Crippen LogP contribution in [0.3, 0.4) is 0 Å². The molecule has 0 aliphatic heterocycles. The lowest BCUT2D eigenvalue weighted by atomic mass is 10.1. The molecular weight excluding hydrogens is 349 g/mol. The predicted octanol–water partition coefficient (Wildman–Crippen LogP) is 3.07. The van der Waals surface area contributed by atoms with Crippen LogP contribution in [-0.4, -0.2) is 35.2 Å². The number of hydrogen-bond acceptors (Lipinski definition) is 2. The number of halogens is 6. The summed E-state index contributed by atoms with van der Waals surface area (Å²) in [7, 11) is 0. The second kappa shape index (κ2) is 5.12. The minimum atomic E-state index is -2.77. The van der Waals surface area contributed by atoms with E-state index in [0.29, 0.717) is 0 Å². The molecule has 0 aliphatic carbocycles. The van der Waals surface area contributed by atoms with Gasteiger partial charge in [-0.25, -0.2) is 4.79 Å². The second-order valence-corrected chi connectivity index (χ2v) is 6.87. The molecule has 0 radical (unpaired) electrons. The Balaban J connectivity index is 5.33. The van der Waals surface area contributed by atoms with Gasteiger partial charge in [0, 0.05) is 0 Å². The molecule has 2 N–H and O–H groups in total. The van der Waals surface area contributed by atoms with Gasteiger partial charge in [0.05, 0.1) is 6.42 Å². The fraction of sp³-hybridized carbons (Fsp3) is 0.667. The van der Waals surface area contributed by atoms with Crippen LogP contribution in [0.25, 0.3) is 0 Å². The maximum Gasteiger partial charge on any atom is 0.343 e. The Hall–Kier alpha value is 0.680. The Morgan fingerprint density at radius 2 is 1.31 bits per heavy atom. The van der Waals surface area contributed by atoms with Gasteiger partial charge in [-0.05, 0) is 0 Å². The van der Waals surface area contributed by atoms with Crippen molar-refractivity contribution in [3.63, 3.8) is 0 Å². The molecule has 4 nitrogen and oxygen atoms in total. The molecule has 0 amide bonds. The molecule has 10 heteroatoms. The first-order valence-electron chi connectivity index (χ1n) is 3.45. The van der Waals surface area contributed by atoms with Crippen molar-refractivity contribution in [1.29, 1.82) is 0 Å². The number of carboxylic acids is 2. The highest BCUT2D eigenvalue weighted by atomic mass is 35.5. The minimum absolute atomic E-state index is 0.947. The third-order valence-corrected chi connectivity index (χ3v) is 5.21. The van der Waals surface area contributed by atoms with Gasteiger partial charge in [-0.2, -0.15) is 0 Å². The Labute approximate surface area is 120 Å². The van der Waals surface area contributed by atoms with Crippen molar-refractivity contribution in [2.75, 3.05) is 0 Å². The second-order valence-electron chi connectivity index (χ2n) is 2.73. The lowest BCUT2D eigenvalue weighted by molar-refractivity contribution is -0.140. The van der Waals surface area contributed by atoms with Gasteiger partial charge < -0.3 is 10.2 Å². The summed E-state index contributed by atoms with van der Waals surface area (Å²) < 4.78 is -7.78. The van der Waals surface area contributed by atoms with Gasteiger partial charge in [-0.15, -0.1) is 0 Å². The maximum absolute atomic E-state index is 10.7. The van der Waals surface area contributed by atoms with Crippen LogP contribution in [0.5, 0.6) is 0 Å². The van der Waals surface area contributed by atoms with Crippen molar-refractivity contribution in [3.05, 3.63) is 0 Å². The molecule has 0 aromatic carbocycles. The highest BCUT2D eigenvalue weighted by Gasteiger charge is 2.65. The minimum Gasteiger partial charge on any atom is -0.481 e. The summed E-state index contributed by atoms with van der Waals surface area (Å²) in [5.41, 5.74) is 0. The monoisotopic (exact) mass is 350 g/mol. The van der Waals surface area contributed by atoms with Crippen molar-refractivity contribution in [2.24, 2.45) is 0 Å². The summed E-state index contributed by atoms with van der Waals surface area (Å²) in [5, 5.41) is 17.2. The summed E-state index contributed by atoms with van der Waals surface area (Å²) >= 11 is 32.9. The molecule has 0 saturated heterocycles. The summed E-state index contributed by atoms with van der Waals surface area (Å²) in [5.74, 6) is -3.26. The van der Waals surface area contributed by atoms with Crippen LogP contribution in [-0.2, 0) is 9.59 Å². The van der Waals surface area contributed by atoms with Gasteiger partial charge in [0.1, 0.15) is 0 Å². The van der Waals surface area contributed by atoms with Crippen LogP contribution in [0.2, 0.25) is 0 Å². The molecule has 0 aromatic rings. The molecular formula is C6H4Cl6O4. The molecule has 0 heterocycles. The number of carboxylic acid groups (broad SMARTS) is 2. The number of hydrogen-bond donors (Lipinski definition) is 2.